The Morgan fingerprint density at radius 3 is 2.52 bits per heavy atom. The first kappa shape index (κ1) is 17.2. The topological polar surface area (TPSA) is 41.6 Å². The minimum absolute atomic E-state index is 0.263. The lowest BCUT2D eigenvalue weighted by Crippen LogP contribution is -2.41. The molecule has 0 spiro atoms. The molecule has 2 atom stereocenters. The van der Waals surface area contributed by atoms with Crippen LogP contribution in [0.25, 0.3) is 6.08 Å². The molecule has 2 aromatic rings. The molecule has 4 nitrogen and oxygen atoms in total. The van der Waals surface area contributed by atoms with Crippen molar-refractivity contribution in [3.8, 4) is 0 Å². The summed E-state index contributed by atoms with van der Waals surface area (Å²) in [5.74, 6) is -0.332. The maximum absolute atomic E-state index is 12.2. The van der Waals surface area contributed by atoms with Crippen LogP contribution in [0, 0.1) is 6.92 Å². The molecule has 3 rings (SSSR count). The van der Waals surface area contributed by atoms with E-state index >= 15 is 0 Å². The van der Waals surface area contributed by atoms with Crippen LogP contribution in [0.4, 0.5) is 5.69 Å². The molecule has 25 heavy (non-hydrogen) atoms. The first-order valence-electron chi connectivity index (χ1n) is 8.08. The van der Waals surface area contributed by atoms with Crippen molar-refractivity contribution < 1.29 is 9.53 Å². The summed E-state index contributed by atoms with van der Waals surface area (Å²) in [5.41, 5.74) is 3.14. The number of carbonyl (C=O) groups excluding carboxylic acids is 1. The van der Waals surface area contributed by atoms with Crippen molar-refractivity contribution in [2.45, 2.75) is 19.0 Å². The van der Waals surface area contributed by atoms with Crippen molar-refractivity contribution in [3.63, 3.8) is 0 Å². The van der Waals surface area contributed by atoms with Crippen LogP contribution in [0.15, 0.2) is 60.7 Å². The number of rotatable bonds is 4. The number of hydrogen-bond acceptors (Lipinski definition) is 3. The molecule has 1 aliphatic heterocycles. The first-order valence-corrected chi connectivity index (χ1v) is 8.49. The maximum Gasteiger partial charge on any atom is 0.330 e. The zero-order valence-corrected chi connectivity index (χ0v) is 15.0. The van der Waals surface area contributed by atoms with Gasteiger partial charge in [0.15, 0.2) is 11.2 Å². The van der Waals surface area contributed by atoms with E-state index in [0.29, 0.717) is 5.11 Å². The number of aryl methyl sites for hydroxylation is 1. The molecule has 128 valence electrons. The van der Waals surface area contributed by atoms with Crippen molar-refractivity contribution in [3.05, 3.63) is 71.8 Å². The molecule has 0 bridgehead atoms. The summed E-state index contributed by atoms with van der Waals surface area (Å²) in [4.78, 5) is 14.2. The van der Waals surface area contributed by atoms with Crippen LogP contribution < -0.4 is 10.2 Å². The predicted octanol–water partition coefficient (Wildman–Crippen LogP) is 3.31. The average Bonchev–Trinajstić information content (AvgIpc) is 2.97. The Kier molecular flexibility index (Phi) is 5.14. The highest BCUT2D eigenvalue weighted by molar-refractivity contribution is 7.80. The van der Waals surface area contributed by atoms with E-state index in [9.17, 15) is 4.79 Å². The van der Waals surface area contributed by atoms with Crippen LogP contribution in [0.1, 0.15) is 11.1 Å². The number of carbonyl (C=O) groups is 1. The number of benzene rings is 2. The summed E-state index contributed by atoms with van der Waals surface area (Å²) in [6, 6.07) is 17.1. The number of hydrogen-bond donors (Lipinski definition) is 1. The lowest BCUT2D eigenvalue weighted by atomic mass is 10.0. The molecule has 1 N–H and O–H groups in total. The number of nitrogens with zero attached hydrogens (tertiary/aromatic N) is 1. The van der Waals surface area contributed by atoms with Gasteiger partial charge in [-0.25, -0.2) is 4.79 Å². The highest BCUT2D eigenvalue weighted by Gasteiger charge is 2.41. The number of methoxy groups -OCH3 is 1. The van der Waals surface area contributed by atoms with Crippen molar-refractivity contribution in [1.29, 1.82) is 0 Å². The van der Waals surface area contributed by atoms with Crippen LogP contribution in [0.3, 0.4) is 0 Å². The highest BCUT2D eigenvalue weighted by Crippen LogP contribution is 2.28. The Labute approximate surface area is 153 Å². The van der Waals surface area contributed by atoms with Crippen LogP contribution in [-0.4, -0.2) is 30.3 Å². The summed E-state index contributed by atoms with van der Waals surface area (Å²) in [5, 5.41) is 3.62. The summed E-state index contributed by atoms with van der Waals surface area (Å²) in [6.07, 6.45) is 4.00. The van der Waals surface area contributed by atoms with E-state index in [1.54, 1.807) is 0 Å². The number of esters is 1. The van der Waals surface area contributed by atoms with Gasteiger partial charge in [-0.05, 0) is 36.3 Å². The molecule has 0 radical (unpaired) electrons. The minimum Gasteiger partial charge on any atom is -0.467 e. The number of thiocarbonyl (C=S) groups is 1. The fraction of sp³-hybridized carbons (Fsp3) is 0.200. The zero-order chi connectivity index (χ0) is 17.8. The molecule has 0 aromatic heterocycles. The van der Waals surface area contributed by atoms with Gasteiger partial charge in [-0.3, -0.25) is 0 Å². The molecular weight excluding hydrogens is 332 g/mol. The molecule has 0 amide bonds. The van der Waals surface area contributed by atoms with Crippen molar-refractivity contribution >= 4 is 35.1 Å². The Bertz CT molecular complexity index is 804. The molecule has 2 unspecified atom stereocenters. The zero-order valence-electron chi connectivity index (χ0n) is 14.2. The van der Waals surface area contributed by atoms with Gasteiger partial charge >= 0.3 is 5.97 Å². The van der Waals surface area contributed by atoms with Crippen LogP contribution in [0.5, 0.6) is 0 Å². The molecule has 0 saturated carbocycles. The van der Waals surface area contributed by atoms with Gasteiger partial charge in [-0.1, -0.05) is 60.7 Å². The number of nitrogens with one attached hydrogen (secondary N) is 1. The lowest BCUT2D eigenvalue weighted by molar-refractivity contribution is -0.142. The molecule has 1 saturated heterocycles. The van der Waals surface area contributed by atoms with E-state index in [-0.39, 0.29) is 12.0 Å². The van der Waals surface area contributed by atoms with Gasteiger partial charge in [0.05, 0.1) is 13.2 Å². The smallest absolute Gasteiger partial charge is 0.330 e. The van der Waals surface area contributed by atoms with Gasteiger partial charge in [0.1, 0.15) is 0 Å². The third-order valence-electron chi connectivity index (χ3n) is 4.25. The second-order valence-corrected chi connectivity index (χ2v) is 6.25. The maximum atomic E-state index is 12.2. The van der Waals surface area contributed by atoms with E-state index in [1.807, 2.05) is 78.6 Å². The van der Waals surface area contributed by atoms with E-state index in [0.717, 1.165) is 16.8 Å². The molecule has 1 aliphatic rings. The number of ether oxygens (including phenoxy) is 1. The van der Waals surface area contributed by atoms with E-state index in [4.69, 9.17) is 17.0 Å². The first-order chi connectivity index (χ1) is 12.1. The third-order valence-corrected chi connectivity index (χ3v) is 4.57. The van der Waals surface area contributed by atoms with Crippen molar-refractivity contribution in [2.75, 3.05) is 12.0 Å². The molecule has 2 aromatic carbocycles. The molecule has 1 fully saturated rings. The fourth-order valence-electron chi connectivity index (χ4n) is 2.97. The van der Waals surface area contributed by atoms with Gasteiger partial charge in [0, 0.05) is 5.69 Å². The summed E-state index contributed by atoms with van der Waals surface area (Å²) >= 11 is 5.51. The average molecular weight is 352 g/mol. The summed E-state index contributed by atoms with van der Waals surface area (Å²) in [7, 11) is 1.39. The van der Waals surface area contributed by atoms with Crippen LogP contribution in [0.2, 0.25) is 0 Å². The fourth-order valence-corrected chi connectivity index (χ4v) is 3.32. The second-order valence-electron chi connectivity index (χ2n) is 5.87. The van der Waals surface area contributed by atoms with Gasteiger partial charge in [-0.2, -0.15) is 0 Å². The Morgan fingerprint density at radius 2 is 1.84 bits per heavy atom. The minimum atomic E-state index is -0.544. The highest BCUT2D eigenvalue weighted by atomic mass is 32.1. The van der Waals surface area contributed by atoms with E-state index in [2.05, 4.69) is 5.32 Å². The summed E-state index contributed by atoms with van der Waals surface area (Å²) in [6.45, 7) is 2.03. The molecule has 0 aliphatic carbocycles. The molecule has 1 heterocycles. The predicted molar refractivity (Wildman–Crippen MR) is 104 cm³/mol. The third kappa shape index (κ3) is 3.56. The summed E-state index contributed by atoms with van der Waals surface area (Å²) < 4.78 is 4.96. The normalized spacial score (nSPS) is 19.9. The number of para-hydroxylation sites is 1. The Morgan fingerprint density at radius 1 is 1.16 bits per heavy atom. The van der Waals surface area contributed by atoms with Crippen LogP contribution in [-0.2, 0) is 9.53 Å². The van der Waals surface area contributed by atoms with Crippen molar-refractivity contribution in [2.24, 2.45) is 0 Å². The lowest BCUT2D eigenvalue weighted by Gasteiger charge is -2.26. The standard InChI is InChI=1S/C20H20N2O2S/c1-14-8-6-7-11-16(14)22-17(13-12-15-9-4-3-5-10-15)18(19(23)24-2)21-20(22)25/h3-13,17-18H,1-2H3,(H,21,25)/b13-12+. The van der Waals surface area contributed by atoms with Gasteiger partial charge in [0.2, 0.25) is 0 Å². The Balaban J connectivity index is 1.99. The van der Waals surface area contributed by atoms with E-state index < -0.39 is 6.04 Å². The van der Waals surface area contributed by atoms with Gasteiger partial charge in [0.25, 0.3) is 0 Å². The quantitative estimate of drug-likeness (QED) is 0.675. The monoisotopic (exact) mass is 352 g/mol. The van der Waals surface area contributed by atoms with Gasteiger partial charge in [-0.15, -0.1) is 0 Å². The molecular formula is C20H20N2O2S. The van der Waals surface area contributed by atoms with E-state index in [1.165, 1.54) is 7.11 Å². The Hall–Kier alpha value is -2.66. The SMILES string of the molecule is COC(=O)C1NC(=S)N(c2ccccc2C)C1/C=C/c1ccccc1. The number of anilines is 1. The van der Waals surface area contributed by atoms with Crippen molar-refractivity contribution in [1.82, 2.24) is 5.32 Å². The van der Waals surface area contributed by atoms with Gasteiger partial charge < -0.3 is 15.0 Å². The largest absolute Gasteiger partial charge is 0.467 e. The molecule has 5 heteroatoms. The van der Waals surface area contributed by atoms with Crippen LogP contribution >= 0.6 is 12.2 Å². The second kappa shape index (κ2) is 7.49.